The standard InChI is InChI=1S/C23H24BrClN2O6S2/c1-3-31-19-9-16(24)17(10-20(19)32-4-2)27-18-12-35(29,30)13-21(18)34-23(27)26-22(28)11-33-15-7-5-14(25)6-8-15/h5-10,18,21H,3-4,11-13H2,1-2H3/t18-,21+/m0/s1. The zero-order valence-electron chi connectivity index (χ0n) is 19.1. The maximum Gasteiger partial charge on any atom is 0.285 e. The molecule has 2 aliphatic heterocycles. The molecule has 2 aromatic carbocycles. The van der Waals surface area contributed by atoms with Crippen LogP contribution in [0.1, 0.15) is 13.8 Å². The van der Waals surface area contributed by atoms with Gasteiger partial charge in [-0.1, -0.05) is 23.4 Å². The third-order valence-electron chi connectivity index (χ3n) is 5.34. The average Bonchev–Trinajstić information content (AvgIpc) is 3.26. The van der Waals surface area contributed by atoms with E-state index in [0.29, 0.717) is 50.8 Å². The Morgan fingerprint density at radius 3 is 2.43 bits per heavy atom. The van der Waals surface area contributed by atoms with Gasteiger partial charge in [0.05, 0.1) is 36.4 Å². The number of benzene rings is 2. The van der Waals surface area contributed by atoms with Gasteiger partial charge in [-0.3, -0.25) is 4.79 Å². The summed E-state index contributed by atoms with van der Waals surface area (Å²) in [5.74, 6) is 1.11. The van der Waals surface area contributed by atoms with Crippen LogP contribution in [0.25, 0.3) is 0 Å². The molecule has 2 heterocycles. The van der Waals surface area contributed by atoms with E-state index in [1.807, 2.05) is 18.7 Å². The number of anilines is 1. The number of aliphatic imine (C=N–C) groups is 1. The molecule has 12 heteroatoms. The van der Waals surface area contributed by atoms with Crippen molar-refractivity contribution < 1.29 is 27.4 Å². The maximum atomic E-state index is 12.7. The molecule has 0 saturated carbocycles. The second-order valence-electron chi connectivity index (χ2n) is 7.82. The maximum absolute atomic E-state index is 12.7. The first-order valence-electron chi connectivity index (χ1n) is 11.0. The molecular weight excluding hydrogens is 580 g/mol. The van der Waals surface area contributed by atoms with Crippen molar-refractivity contribution >= 4 is 65.9 Å². The molecule has 2 saturated heterocycles. The predicted octanol–water partition coefficient (Wildman–Crippen LogP) is 4.58. The van der Waals surface area contributed by atoms with Crippen LogP contribution >= 0.6 is 39.3 Å². The quantitative estimate of drug-likeness (QED) is 0.433. The van der Waals surface area contributed by atoms with Gasteiger partial charge in [-0.15, -0.1) is 0 Å². The number of carbonyl (C=O) groups is 1. The number of hydrogen-bond acceptors (Lipinski definition) is 7. The summed E-state index contributed by atoms with van der Waals surface area (Å²) in [6.45, 7) is 4.38. The van der Waals surface area contributed by atoms with Crippen LogP contribution in [0.2, 0.25) is 5.02 Å². The fraction of sp³-hybridized carbons (Fsp3) is 0.391. The minimum atomic E-state index is -3.21. The van der Waals surface area contributed by atoms with E-state index in [0.717, 1.165) is 0 Å². The molecule has 2 aromatic rings. The summed E-state index contributed by atoms with van der Waals surface area (Å²) in [4.78, 5) is 18.8. The van der Waals surface area contributed by atoms with Gasteiger partial charge in [0.2, 0.25) is 0 Å². The third kappa shape index (κ3) is 6.07. The first-order valence-corrected chi connectivity index (χ1v) is 14.8. The number of carbonyl (C=O) groups excluding carboxylic acids is 1. The van der Waals surface area contributed by atoms with Crippen molar-refractivity contribution in [2.45, 2.75) is 25.1 Å². The molecular formula is C23H24BrClN2O6S2. The fourth-order valence-electron chi connectivity index (χ4n) is 3.91. The summed E-state index contributed by atoms with van der Waals surface area (Å²) in [7, 11) is -3.21. The van der Waals surface area contributed by atoms with Crippen molar-refractivity contribution in [2.24, 2.45) is 4.99 Å². The van der Waals surface area contributed by atoms with E-state index >= 15 is 0 Å². The fourth-order valence-corrected chi connectivity index (χ4v) is 8.47. The summed E-state index contributed by atoms with van der Waals surface area (Å²) in [6, 6.07) is 9.89. The summed E-state index contributed by atoms with van der Waals surface area (Å²) in [5, 5.41) is 0.750. The highest BCUT2D eigenvalue weighted by Crippen LogP contribution is 2.46. The van der Waals surface area contributed by atoms with Gasteiger partial charge < -0.3 is 19.1 Å². The number of sulfone groups is 1. The molecule has 0 unspecified atom stereocenters. The van der Waals surface area contributed by atoms with Gasteiger partial charge in [-0.05, 0) is 54.0 Å². The van der Waals surface area contributed by atoms with Gasteiger partial charge in [0.15, 0.2) is 33.1 Å². The van der Waals surface area contributed by atoms with Crippen molar-refractivity contribution in [2.75, 3.05) is 36.2 Å². The summed E-state index contributed by atoms with van der Waals surface area (Å²) >= 11 is 10.8. The van der Waals surface area contributed by atoms with Crippen molar-refractivity contribution in [3.63, 3.8) is 0 Å². The zero-order valence-corrected chi connectivity index (χ0v) is 23.0. The van der Waals surface area contributed by atoms with Crippen LogP contribution in [0.4, 0.5) is 5.69 Å². The molecule has 1 amide bonds. The molecule has 0 spiro atoms. The molecule has 0 aromatic heterocycles. The number of nitrogens with zero attached hydrogens (tertiary/aromatic N) is 2. The zero-order chi connectivity index (χ0) is 25.2. The largest absolute Gasteiger partial charge is 0.490 e. The molecule has 0 N–H and O–H groups in total. The van der Waals surface area contributed by atoms with Gasteiger partial charge in [-0.25, -0.2) is 8.42 Å². The average molecular weight is 604 g/mol. The Morgan fingerprint density at radius 1 is 1.11 bits per heavy atom. The Kier molecular flexibility index (Phi) is 8.19. The molecule has 2 fully saturated rings. The Balaban J connectivity index is 1.65. The van der Waals surface area contributed by atoms with Gasteiger partial charge in [0.25, 0.3) is 5.91 Å². The SMILES string of the molecule is CCOc1cc(Br)c(N2C(=NC(=O)COc3ccc(Cl)cc3)S[C@@H]3CS(=O)(=O)C[C@@H]32)cc1OCC. The lowest BCUT2D eigenvalue weighted by molar-refractivity contribution is -0.119. The smallest absolute Gasteiger partial charge is 0.285 e. The van der Waals surface area contributed by atoms with E-state index in [9.17, 15) is 13.2 Å². The number of hydrogen-bond donors (Lipinski definition) is 0. The topological polar surface area (TPSA) is 94.5 Å². The molecule has 2 atom stereocenters. The molecule has 8 nitrogen and oxygen atoms in total. The number of halogens is 2. The Hall–Kier alpha value is -1.95. The van der Waals surface area contributed by atoms with Crippen LogP contribution in [-0.4, -0.2) is 62.1 Å². The lowest BCUT2D eigenvalue weighted by atomic mass is 10.2. The van der Waals surface area contributed by atoms with E-state index in [1.54, 1.807) is 36.4 Å². The lowest BCUT2D eigenvalue weighted by Gasteiger charge is -2.27. The molecule has 0 aliphatic carbocycles. The third-order valence-corrected chi connectivity index (χ3v) is 9.43. The normalized spacial score (nSPS) is 21.7. The van der Waals surface area contributed by atoms with Gasteiger partial charge in [0.1, 0.15) is 5.75 Å². The van der Waals surface area contributed by atoms with Gasteiger partial charge in [0, 0.05) is 26.9 Å². The van der Waals surface area contributed by atoms with Crippen molar-refractivity contribution in [1.29, 1.82) is 0 Å². The van der Waals surface area contributed by atoms with Crippen LogP contribution in [-0.2, 0) is 14.6 Å². The van der Waals surface area contributed by atoms with E-state index in [-0.39, 0.29) is 29.4 Å². The second-order valence-corrected chi connectivity index (χ2v) is 12.5. The Bertz CT molecular complexity index is 1240. The predicted molar refractivity (Wildman–Crippen MR) is 142 cm³/mol. The van der Waals surface area contributed by atoms with Crippen LogP contribution < -0.4 is 19.1 Å². The highest BCUT2D eigenvalue weighted by atomic mass is 79.9. The van der Waals surface area contributed by atoms with Crippen molar-refractivity contribution in [3.8, 4) is 17.2 Å². The first kappa shape index (κ1) is 26.1. The van der Waals surface area contributed by atoms with Crippen LogP contribution in [0.15, 0.2) is 45.9 Å². The minimum Gasteiger partial charge on any atom is -0.490 e. The van der Waals surface area contributed by atoms with Crippen LogP contribution in [0.5, 0.6) is 17.2 Å². The number of fused-ring (bicyclic) bond motifs is 1. The van der Waals surface area contributed by atoms with E-state index in [1.165, 1.54) is 11.8 Å². The number of ether oxygens (including phenoxy) is 3. The van der Waals surface area contributed by atoms with E-state index < -0.39 is 15.7 Å². The second kappa shape index (κ2) is 11.0. The highest BCUT2D eigenvalue weighted by Gasteiger charge is 2.50. The highest BCUT2D eigenvalue weighted by molar-refractivity contribution is 9.10. The summed E-state index contributed by atoms with van der Waals surface area (Å²) in [6.07, 6.45) is 0. The van der Waals surface area contributed by atoms with E-state index in [4.69, 9.17) is 25.8 Å². The van der Waals surface area contributed by atoms with Crippen LogP contribution in [0.3, 0.4) is 0 Å². The van der Waals surface area contributed by atoms with Crippen molar-refractivity contribution in [3.05, 3.63) is 45.9 Å². The monoisotopic (exact) mass is 602 g/mol. The van der Waals surface area contributed by atoms with Crippen molar-refractivity contribution in [1.82, 2.24) is 0 Å². The lowest BCUT2D eigenvalue weighted by Crippen LogP contribution is -2.38. The number of amides is 1. The molecule has 0 radical (unpaired) electrons. The molecule has 4 rings (SSSR count). The molecule has 2 aliphatic rings. The van der Waals surface area contributed by atoms with Gasteiger partial charge in [-0.2, -0.15) is 4.99 Å². The van der Waals surface area contributed by atoms with E-state index in [2.05, 4.69) is 20.9 Å². The summed E-state index contributed by atoms with van der Waals surface area (Å²) in [5.41, 5.74) is 0.652. The number of thioether (sulfide) groups is 1. The number of amidine groups is 1. The summed E-state index contributed by atoms with van der Waals surface area (Å²) < 4.78 is 42.5. The molecule has 0 bridgehead atoms. The minimum absolute atomic E-state index is 0.0250. The molecule has 188 valence electrons. The number of rotatable bonds is 8. The van der Waals surface area contributed by atoms with Gasteiger partial charge >= 0.3 is 0 Å². The molecule has 35 heavy (non-hydrogen) atoms. The Morgan fingerprint density at radius 2 is 1.77 bits per heavy atom. The Labute approximate surface area is 222 Å². The first-order chi connectivity index (χ1) is 16.7. The van der Waals surface area contributed by atoms with Crippen LogP contribution in [0, 0.1) is 0 Å².